The Hall–Kier alpha value is -4.31. The number of aromatic nitrogens is 6. The Kier molecular flexibility index (Phi) is 7.17. The lowest BCUT2D eigenvalue weighted by Gasteiger charge is -2.30. The van der Waals surface area contributed by atoms with Crippen molar-refractivity contribution >= 4 is 34.2 Å². The van der Waals surface area contributed by atoms with Gasteiger partial charge in [-0.2, -0.15) is 24.7 Å². The fraction of sp³-hybridized carbons (Fsp3) is 0.387. The third-order valence-electron chi connectivity index (χ3n) is 7.82. The number of ketones is 1. The maximum atomic E-state index is 12.5. The van der Waals surface area contributed by atoms with Crippen LogP contribution < -0.4 is 16.0 Å². The number of hydrogen-bond acceptors (Lipinski definition) is 8. The lowest BCUT2D eigenvalue weighted by molar-refractivity contribution is 0.0939. The molecule has 10 nitrogen and oxygen atoms in total. The minimum atomic E-state index is -0.0537. The van der Waals surface area contributed by atoms with Crippen LogP contribution in [0.5, 0.6) is 0 Å². The van der Waals surface area contributed by atoms with Crippen LogP contribution in [0.4, 0.5) is 11.9 Å². The van der Waals surface area contributed by atoms with Crippen LogP contribution in [0, 0.1) is 5.92 Å². The molecule has 0 spiro atoms. The predicted octanol–water partition coefficient (Wildman–Crippen LogP) is 4.96. The van der Waals surface area contributed by atoms with Gasteiger partial charge in [-0.05, 0) is 48.6 Å². The maximum absolute atomic E-state index is 12.5. The molecule has 0 unspecified atom stereocenters. The maximum Gasteiger partial charge on any atom is 0.230 e. The van der Waals surface area contributed by atoms with Crippen LogP contribution in [-0.4, -0.2) is 54.3 Å². The van der Waals surface area contributed by atoms with E-state index in [1.807, 2.05) is 67.3 Å². The summed E-state index contributed by atoms with van der Waals surface area (Å²) in [5.74, 6) is 1.70. The normalized spacial score (nSPS) is 14.6. The highest BCUT2D eigenvalue weighted by atomic mass is 16.1. The largest absolute Gasteiger partial charge is 0.350 e. The van der Waals surface area contributed by atoms with Gasteiger partial charge in [-0.15, -0.1) is 0 Å². The number of para-hydroxylation sites is 1. The highest BCUT2D eigenvalue weighted by Crippen LogP contribution is 2.26. The van der Waals surface area contributed by atoms with Crippen molar-refractivity contribution in [1.29, 1.82) is 0 Å². The molecular formula is C31H37N9O. The second kappa shape index (κ2) is 10.9. The van der Waals surface area contributed by atoms with E-state index in [0.717, 1.165) is 59.3 Å². The summed E-state index contributed by atoms with van der Waals surface area (Å²) < 4.78 is 3.68. The molecule has 1 aliphatic heterocycles. The third-order valence-corrected chi connectivity index (χ3v) is 7.82. The number of nitrogens with zero attached hydrogens (tertiary/aromatic N) is 7. The summed E-state index contributed by atoms with van der Waals surface area (Å²) in [6.45, 7) is 10.3. The molecule has 10 heteroatoms. The van der Waals surface area contributed by atoms with E-state index in [9.17, 15) is 4.79 Å². The number of anilines is 2. The second-order valence-electron chi connectivity index (χ2n) is 11.5. The summed E-state index contributed by atoms with van der Waals surface area (Å²) in [5.41, 5.74) is 11.6. The summed E-state index contributed by atoms with van der Waals surface area (Å²) >= 11 is 0. The Balaban J connectivity index is 1.32. The van der Waals surface area contributed by atoms with E-state index in [1.54, 1.807) is 4.52 Å². The van der Waals surface area contributed by atoms with Gasteiger partial charge in [0.05, 0.1) is 17.4 Å². The van der Waals surface area contributed by atoms with Crippen LogP contribution in [0.25, 0.3) is 22.2 Å². The SMILES string of the molecule is CC(C)C(=O)c1ccc2nn(-c3ccccc3CNc3nc(N4CCC(N)CC4)nc4c(C(C)C)cnn34)cc2c1. The molecule has 0 aliphatic carbocycles. The van der Waals surface area contributed by atoms with Gasteiger partial charge < -0.3 is 16.0 Å². The number of piperidine rings is 1. The van der Waals surface area contributed by atoms with Gasteiger partial charge in [0.2, 0.25) is 11.9 Å². The van der Waals surface area contributed by atoms with Crippen molar-refractivity contribution in [2.75, 3.05) is 23.3 Å². The van der Waals surface area contributed by atoms with Gasteiger partial charge in [0.1, 0.15) is 0 Å². The van der Waals surface area contributed by atoms with Crippen molar-refractivity contribution in [3.8, 4) is 5.69 Å². The zero-order valence-corrected chi connectivity index (χ0v) is 24.1. The molecule has 3 aromatic heterocycles. The van der Waals surface area contributed by atoms with E-state index in [-0.39, 0.29) is 23.7 Å². The molecule has 0 atom stereocenters. The molecule has 4 heterocycles. The van der Waals surface area contributed by atoms with E-state index >= 15 is 0 Å². The molecular weight excluding hydrogens is 514 g/mol. The van der Waals surface area contributed by atoms with Gasteiger partial charge in [0.15, 0.2) is 11.4 Å². The van der Waals surface area contributed by atoms with E-state index in [0.29, 0.717) is 24.0 Å². The lowest BCUT2D eigenvalue weighted by Crippen LogP contribution is -2.40. The highest BCUT2D eigenvalue weighted by Gasteiger charge is 2.22. The highest BCUT2D eigenvalue weighted by molar-refractivity contribution is 6.00. The van der Waals surface area contributed by atoms with Gasteiger partial charge in [0, 0.05) is 54.3 Å². The first-order chi connectivity index (χ1) is 19.8. The number of carbonyl (C=O) groups excluding carboxylic acids is 1. The Labute approximate surface area is 239 Å². The number of carbonyl (C=O) groups is 1. The minimum Gasteiger partial charge on any atom is -0.350 e. The van der Waals surface area contributed by atoms with Gasteiger partial charge in [-0.25, -0.2) is 4.68 Å². The fourth-order valence-corrected chi connectivity index (χ4v) is 5.34. The third kappa shape index (κ3) is 5.27. The summed E-state index contributed by atoms with van der Waals surface area (Å²) in [4.78, 5) is 24.6. The van der Waals surface area contributed by atoms with E-state index in [4.69, 9.17) is 20.8 Å². The number of fused-ring (bicyclic) bond motifs is 2. The van der Waals surface area contributed by atoms with Crippen LogP contribution in [0.3, 0.4) is 0 Å². The van der Waals surface area contributed by atoms with Gasteiger partial charge in [0.25, 0.3) is 0 Å². The Morgan fingerprint density at radius 3 is 2.61 bits per heavy atom. The molecule has 5 aromatic rings. The first-order valence-electron chi connectivity index (χ1n) is 14.4. The molecule has 1 saturated heterocycles. The second-order valence-corrected chi connectivity index (χ2v) is 11.5. The molecule has 0 saturated carbocycles. The summed E-state index contributed by atoms with van der Waals surface area (Å²) in [6.07, 6.45) is 5.71. The van der Waals surface area contributed by atoms with E-state index in [2.05, 4.69) is 35.2 Å². The van der Waals surface area contributed by atoms with E-state index < -0.39 is 0 Å². The molecule has 0 radical (unpaired) electrons. The van der Waals surface area contributed by atoms with Crippen molar-refractivity contribution in [2.24, 2.45) is 11.7 Å². The van der Waals surface area contributed by atoms with E-state index in [1.165, 1.54) is 0 Å². The molecule has 1 fully saturated rings. The lowest BCUT2D eigenvalue weighted by atomic mass is 10.0. The molecule has 0 bridgehead atoms. The molecule has 41 heavy (non-hydrogen) atoms. The van der Waals surface area contributed by atoms with Crippen molar-refractivity contribution in [2.45, 2.75) is 59.0 Å². The Morgan fingerprint density at radius 1 is 1.07 bits per heavy atom. The predicted molar refractivity (Wildman–Crippen MR) is 162 cm³/mol. The van der Waals surface area contributed by atoms with Crippen molar-refractivity contribution in [3.05, 3.63) is 71.5 Å². The number of hydrogen-bond donors (Lipinski definition) is 2. The van der Waals surface area contributed by atoms with Crippen LogP contribution in [0.15, 0.2) is 54.9 Å². The zero-order valence-electron chi connectivity index (χ0n) is 24.1. The molecule has 3 N–H and O–H groups in total. The Morgan fingerprint density at radius 2 is 1.85 bits per heavy atom. The standard InChI is InChI=1S/C31H37N9O/c1-19(2)25-17-34-40-29(25)35-31(38-13-11-24(32)12-14-38)36-30(40)33-16-22-7-5-6-8-27(22)39-18-23-15-21(28(41)20(3)4)9-10-26(23)37-39/h5-10,15,17-20,24H,11-14,16,32H2,1-4H3,(H,33,35,36). The molecule has 0 amide bonds. The van der Waals surface area contributed by atoms with Gasteiger partial charge in [-0.1, -0.05) is 45.9 Å². The van der Waals surface area contributed by atoms with Gasteiger partial charge in [-0.3, -0.25) is 4.79 Å². The average Bonchev–Trinajstić information content (AvgIpc) is 3.60. The van der Waals surface area contributed by atoms with Gasteiger partial charge >= 0.3 is 0 Å². The van der Waals surface area contributed by atoms with Crippen LogP contribution in [-0.2, 0) is 6.54 Å². The smallest absolute Gasteiger partial charge is 0.230 e. The summed E-state index contributed by atoms with van der Waals surface area (Å²) in [7, 11) is 0. The average molecular weight is 552 g/mol. The number of nitrogens with two attached hydrogens (primary N) is 1. The van der Waals surface area contributed by atoms with Crippen molar-refractivity contribution in [1.82, 2.24) is 29.4 Å². The van der Waals surface area contributed by atoms with Crippen LogP contribution in [0.1, 0.15) is 67.9 Å². The monoisotopic (exact) mass is 551 g/mol. The van der Waals surface area contributed by atoms with Crippen molar-refractivity contribution < 1.29 is 4.79 Å². The molecule has 1 aliphatic rings. The summed E-state index contributed by atoms with van der Waals surface area (Å²) in [5, 5.41) is 13.9. The first kappa shape index (κ1) is 26.9. The Bertz CT molecular complexity index is 1710. The summed E-state index contributed by atoms with van der Waals surface area (Å²) in [6, 6.07) is 14.1. The van der Waals surface area contributed by atoms with Crippen LogP contribution >= 0.6 is 0 Å². The number of rotatable bonds is 8. The quantitative estimate of drug-likeness (QED) is 0.260. The zero-order chi connectivity index (χ0) is 28.7. The number of nitrogens with one attached hydrogen (secondary N) is 1. The van der Waals surface area contributed by atoms with Crippen molar-refractivity contribution in [3.63, 3.8) is 0 Å². The molecule has 2 aromatic carbocycles. The first-order valence-corrected chi connectivity index (χ1v) is 14.4. The minimum absolute atomic E-state index is 0.0537. The molecule has 212 valence electrons. The fourth-order valence-electron chi connectivity index (χ4n) is 5.34. The molecule has 6 rings (SSSR count). The van der Waals surface area contributed by atoms with Crippen LogP contribution in [0.2, 0.25) is 0 Å². The number of benzene rings is 2. The topological polar surface area (TPSA) is 119 Å². The number of Topliss-reactive ketones (excluding diaryl/α,β-unsaturated/α-hetero) is 1.